The lowest BCUT2D eigenvalue weighted by molar-refractivity contribution is -0.302. The van der Waals surface area contributed by atoms with E-state index >= 15 is 0 Å². The van der Waals surface area contributed by atoms with Gasteiger partial charge in [-0.3, -0.25) is 4.79 Å². The van der Waals surface area contributed by atoms with Crippen LogP contribution in [0.4, 0.5) is 0 Å². The molecule has 7 atom stereocenters. The highest BCUT2D eigenvalue weighted by atomic mass is 16.7. The summed E-state index contributed by atoms with van der Waals surface area (Å²) < 4.78 is 11.2. The Hall–Kier alpha value is -1.07. The molecular formula is C42H81NO8. The molecule has 9 nitrogen and oxygen atoms in total. The van der Waals surface area contributed by atoms with E-state index < -0.39 is 49.5 Å². The maximum Gasteiger partial charge on any atom is 0.220 e. The topological polar surface area (TPSA) is 149 Å². The van der Waals surface area contributed by atoms with Crippen molar-refractivity contribution in [2.75, 3.05) is 13.2 Å². The van der Waals surface area contributed by atoms with Crippen LogP contribution in [0.5, 0.6) is 0 Å². The highest BCUT2D eigenvalue weighted by molar-refractivity contribution is 5.76. The van der Waals surface area contributed by atoms with Gasteiger partial charge in [-0.25, -0.2) is 0 Å². The number of hydrogen-bond donors (Lipinski definition) is 6. The Morgan fingerprint density at radius 1 is 0.647 bits per heavy atom. The van der Waals surface area contributed by atoms with Gasteiger partial charge >= 0.3 is 0 Å². The van der Waals surface area contributed by atoms with Crippen molar-refractivity contribution in [2.24, 2.45) is 0 Å². The number of unbranched alkanes of at least 4 members (excludes halogenated alkanes) is 25. The zero-order chi connectivity index (χ0) is 37.4. The normalized spacial score (nSPS) is 22.1. The van der Waals surface area contributed by atoms with Crippen LogP contribution in [0.2, 0.25) is 0 Å². The zero-order valence-corrected chi connectivity index (χ0v) is 32.9. The number of aliphatic hydroxyl groups excluding tert-OH is 5. The second kappa shape index (κ2) is 33.5. The maximum atomic E-state index is 12.9. The second-order valence-electron chi connectivity index (χ2n) is 15.1. The summed E-state index contributed by atoms with van der Waals surface area (Å²) in [5, 5.41) is 54.0. The Balaban J connectivity index is 2.39. The predicted octanol–water partition coefficient (Wildman–Crippen LogP) is 8.17. The first-order valence-corrected chi connectivity index (χ1v) is 21.4. The van der Waals surface area contributed by atoms with Crippen molar-refractivity contribution in [3.05, 3.63) is 12.2 Å². The molecule has 0 aromatic carbocycles. The van der Waals surface area contributed by atoms with Gasteiger partial charge in [-0.2, -0.15) is 0 Å². The lowest BCUT2D eigenvalue weighted by atomic mass is 9.99. The summed E-state index contributed by atoms with van der Waals surface area (Å²) in [6.07, 6.45) is 29.6. The molecule has 2 unspecified atom stereocenters. The molecule has 0 bridgehead atoms. The molecule has 0 radical (unpaired) electrons. The smallest absolute Gasteiger partial charge is 0.220 e. The number of carbonyl (C=O) groups excluding carboxylic acids is 1. The first kappa shape index (κ1) is 48.0. The molecule has 1 rings (SSSR count). The summed E-state index contributed by atoms with van der Waals surface area (Å²) >= 11 is 0. The summed E-state index contributed by atoms with van der Waals surface area (Å²) in [4.78, 5) is 12.9. The van der Waals surface area contributed by atoms with Crippen molar-refractivity contribution < 1.29 is 39.8 Å². The molecule has 0 aromatic heterocycles. The molecular weight excluding hydrogens is 646 g/mol. The van der Waals surface area contributed by atoms with Crippen LogP contribution in [0.3, 0.4) is 0 Å². The van der Waals surface area contributed by atoms with E-state index in [2.05, 4.69) is 19.2 Å². The number of carbonyl (C=O) groups is 1. The standard InChI is InChI=1S/C42H81NO8/c1-3-5-7-9-11-13-15-16-17-18-19-20-22-23-25-27-29-31-36(45)35(34-50-42-41(49)40(48)39(47)37(33-44)51-42)43-38(46)32-30-28-26-24-21-14-12-10-8-6-4-2/h29,31,35-37,39-42,44-45,47-49H,3-28,30,32-34H2,1-2H3,(H,43,46)/b31-29+/t35-,36+,37+,39-,40?,41?,42+/m0/s1. The van der Waals surface area contributed by atoms with Crippen molar-refractivity contribution in [1.82, 2.24) is 5.32 Å². The van der Waals surface area contributed by atoms with E-state index in [1.807, 2.05) is 6.08 Å². The highest BCUT2D eigenvalue weighted by Gasteiger charge is 2.44. The molecule has 51 heavy (non-hydrogen) atoms. The van der Waals surface area contributed by atoms with Gasteiger partial charge in [0.15, 0.2) is 6.29 Å². The van der Waals surface area contributed by atoms with Crippen molar-refractivity contribution >= 4 is 5.91 Å². The van der Waals surface area contributed by atoms with E-state index in [1.54, 1.807) is 6.08 Å². The van der Waals surface area contributed by atoms with Gasteiger partial charge in [-0.1, -0.05) is 180 Å². The van der Waals surface area contributed by atoms with E-state index in [-0.39, 0.29) is 12.5 Å². The number of rotatable bonds is 35. The number of aliphatic hydroxyl groups is 5. The summed E-state index contributed by atoms with van der Waals surface area (Å²) in [5.41, 5.74) is 0. The molecule has 1 amide bonds. The van der Waals surface area contributed by atoms with Gasteiger partial charge in [-0.05, 0) is 19.3 Å². The molecule has 6 N–H and O–H groups in total. The molecule has 1 heterocycles. The second-order valence-corrected chi connectivity index (χ2v) is 15.1. The van der Waals surface area contributed by atoms with Crippen LogP contribution in [0.1, 0.15) is 194 Å². The quantitative estimate of drug-likeness (QED) is 0.0283. The van der Waals surface area contributed by atoms with Crippen LogP contribution in [0.25, 0.3) is 0 Å². The van der Waals surface area contributed by atoms with Crippen molar-refractivity contribution in [2.45, 2.75) is 236 Å². The van der Waals surface area contributed by atoms with Crippen LogP contribution in [0.15, 0.2) is 12.2 Å². The average Bonchev–Trinajstić information content (AvgIpc) is 3.13. The van der Waals surface area contributed by atoms with E-state index in [0.717, 1.165) is 38.5 Å². The minimum Gasteiger partial charge on any atom is -0.394 e. The zero-order valence-electron chi connectivity index (χ0n) is 32.9. The SMILES string of the molecule is CCCCCCCCCCCCCCCCC/C=C/[C@@H](O)[C@H](CO[C@@H]1O[C@H](CO)[C@H](O)C(O)C1O)NC(=O)CCCCCCCCCCCCC. The predicted molar refractivity (Wildman–Crippen MR) is 207 cm³/mol. The summed E-state index contributed by atoms with van der Waals surface area (Å²) in [6.45, 7) is 3.76. The molecule has 1 saturated heterocycles. The van der Waals surface area contributed by atoms with E-state index in [0.29, 0.717) is 6.42 Å². The first-order chi connectivity index (χ1) is 24.8. The molecule has 0 spiro atoms. The number of nitrogens with one attached hydrogen (secondary N) is 1. The number of amides is 1. The largest absolute Gasteiger partial charge is 0.394 e. The van der Waals surface area contributed by atoms with Gasteiger partial charge in [0.05, 0.1) is 25.4 Å². The maximum absolute atomic E-state index is 12.9. The molecule has 302 valence electrons. The highest BCUT2D eigenvalue weighted by Crippen LogP contribution is 2.22. The van der Waals surface area contributed by atoms with Gasteiger partial charge in [0.25, 0.3) is 0 Å². The number of allylic oxidation sites excluding steroid dienone is 1. The summed E-state index contributed by atoms with van der Waals surface area (Å²) in [5.74, 6) is -0.178. The van der Waals surface area contributed by atoms with E-state index in [4.69, 9.17) is 9.47 Å². The molecule has 1 aliphatic heterocycles. The van der Waals surface area contributed by atoms with Gasteiger partial charge in [0.2, 0.25) is 5.91 Å². The fourth-order valence-corrected chi connectivity index (χ4v) is 6.86. The van der Waals surface area contributed by atoms with Crippen LogP contribution in [0, 0.1) is 0 Å². The van der Waals surface area contributed by atoms with Gasteiger partial charge in [-0.15, -0.1) is 0 Å². The first-order valence-electron chi connectivity index (χ1n) is 21.4. The van der Waals surface area contributed by atoms with Crippen LogP contribution < -0.4 is 5.32 Å². The molecule has 0 saturated carbocycles. The lowest BCUT2D eigenvalue weighted by Crippen LogP contribution is -2.60. The summed E-state index contributed by atoms with van der Waals surface area (Å²) in [6, 6.07) is -0.796. The molecule has 0 aliphatic carbocycles. The molecule has 1 fully saturated rings. The Labute approximate surface area is 312 Å². The Morgan fingerprint density at radius 3 is 1.53 bits per heavy atom. The Bertz CT molecular complexity index is 812. The van der Waals surface area contributed by atoms with Crippen LogP contribution in [-0.2, 0) is 14.3 Å². The molecule has 9 heteroatoms. The third-order valence-electron chi connectivity index (χ3n) is 10.4. The fourth-order valence-electron chi connectivity index (χ4n) is 6.86. The molecule has 0 aromatic rings. The third-order valence-corrected chi connectivity index (χ3v) is 10.4. The van der Waals surface area contributed by atoms with Gasteiger partial charge < -0.3 is 40.3 Å². The summed E-state index contributed by atoms with van der Waals surface area (Å²) in [7, 11) is 0. The van der Waals surface area contributed by atoms with E-state index in [9.17, 15) is 30.3 Å². The Kier molecular flexibility index (Phi) is 31.5. The van der Waals surface area contributed by atoms with Gasteiger partial charge in [0.1, 0.15) is 24.4 Å². The van der Waals surface area contributed by atoms with Crippen molar-refractivity contribution in [3.63, 3.8) is 0 Å². The van der Waals surface area contributed by atoms with E-state index in [1.165, 1.54) is 135 Å². The average molecular weight is 728 g/mol. The fraction of sp³-hybridized carbons (Fsp3) is 0.929. The monoisotopic (exact) mass is 728 g/mol. The Morgan fingerprint density at radius 2 is 1.08 bits per heavy atom. The van der Waals surface area contributed by atoms with Crippen molar-refractivity contribution in [3.8, 4) is 0 Å². The minimum atomic E-state index is -1.56. The van der Waals surface area contributed by atoms with Gasteiger partial charge in [0, 0.05) is 6.42 Å². The van der Waals surface area contributed by atoms with Crippen LogP contribution >= 0.6 is 0 Å². The van der Waals surface area contributed by atoms with Crippen LogP contribution in [-0.4, -0.2) is 87.5 Å². The third kappa shape index (κ3) is 24.8. The number of ether oxygens (including phenoxy) is 2. The molecule has 1 aliphatic rings. The lowest BCUT2D eigenvalue weighted by Gasteiger charge is -2.40. The minimum absolute atomic E-state index is 0.178. The van der Waals surface area contributed by atoms with Crippen molar-refractivity contribution in [1.29, 1.82) is 0 Å². The number of hydrogen-bond acceptors (Lipinski definition) is 8.